The summed E-state index contributed by atoms with van der Waals surface area (Å²) in [5.41, 5.74) is 2.77. The Labute approximate surface area is 431 Å². The highest BCUT2D eigenvalue weighted by Gasteiger charge is 2.11. The average molecular weight is 999 g/mol. The van der Waals surface area contributed by atoms with Gasteiger partial charge >= 0.3 is 17.9 Å². The Kier molecular flexibility index (Phi) is 35.6. The molecule has 398 valence electrons. The lowest BCUT2D eigenvalue weighted by Crippen LogP contribution is -2.26. The second-order valence-corrected chi connectivity index (χ2v) is 17.9. The highest BCUT2D eigenvalue weighted by molar-refractivity contribution is 5.88. The summed E-state index contributed by atoms with van der Waals surface area (Å²) in [6.45, 7) is 5.45. The standard InChI is InChI=1S/C60H86O12/c1-64-58(61)40-31-51-25-34-54(35-26-51)69-45-21-15-9-4-7-13-19-43-67-49-57(72-48-24-18-12-6-11-17-23-47-71-56-38-29-53(30-39-56)33-42-60(63)66-3)50-68-44-20-14-8-5-10-16-22-46-70-55-36-27-52(28-37-55)32-41-59(62)65-2/h25-42,57H,4-24,43-50H2,1-3H3/b40-31+,41-32+,42-33+. The molecule has 0 fully saturated rings. The number of hydrogen-bond donors (Lipinski definition) is 0. The monoisotopic (exact) mass is 999 g/mol. The summed E-state index contributed by atoms with van der Waals surface area (Å²) in [6, 6.07) is 23.1. The van der Waals surface area contributed by atoms with E-state index >= 15 is 0 Å². The van der Waals surface area contributed by atoms with E-state index in [1.54, 1.807) is 18.2 Å². The Morgan fingerprint density at radius 2 is 0.597 bits per heavy atom. The van der Waals surface area contributed by atoms with Crippen molar-refractivity contribution in [1.29, 1.82) is 0 Å². The van der Waals surface area contributed by atoms with Gasteiger partial charge < -0.3 is 42.6 Å². The van der Waals surface area contributed by atoms with E-state index in [0.717, 1.165) is 131 Å². The Morgan fingerprint density at radius 3 is 0.875 bits per heavy atom. The highest BCUT2D eigenvalue weighted by atomic mass is 16.6. The number of methoxy groups -OCH3 is 3. The second kappa shape index (κ2) is 42.1. The van der Waals surface area contributed by atoms with Gasteiger partial charge in [-0.1, -0.05) is 133 Å². The fraction of sp³-hybridized carbons (Fsp3) is 0.550. The van der Waals surface area contributed by atoms with Gasteiger partial charge in [0.2, 0.25) is 0 Å². The number of hydrogen-bond acceptors (Lipinski definition) is 12. The molecule has 0 atom stereocenters. The SMILES string of the molecule is COC(=O)/C=C/c1ccc(OCCCCCCCCCOCC(COCCCCCCCCCOc2ccc(/C=C/C(=O)OC)cc2)OCCCCCCCCCOc2ccc(/C=C/C(=O)OC)cc2)cc1. The predicted molar refractivity (Wildman–Crippen MR) is 287 cm³/mol. The van der Waals surface area contributed by atoms with E-state index < -0.39 is 0 Å². The molecule has 0 bridgehead atoms. The van der Waals surface area contributed by atoms with Gasteiger partial charge in [-0.05, 0) is 110 Å². The molecule has 0 N–H and O–H groups in total. The van der Waals surface area contributed by atoms with Gasteiger partial charge in [0, 0.05) is 38.0 Å². The second-order valence-electron chi connectivity index (χ2n) is 17.9. The Morgan fingerprint density at radius 1 is 0.347 bits per heavy atom. The molecular formula is C60H86O12. The van der Waals surface area contributed by atoms with Crippen LogP contribution in [0.1, 0.15) is 152 Å². The third-order valence-electron chi connectivity index (χ3n) is 11.9. The van der Waals surface area contributed by atoms with Gasteiger partial charge in [0.05, 0.1) is 54.4 Å². The minimum atomic E-state index is -0.371. The molecule has 0 aliphatic carbocycles. The Hall–Kier alpha value is -5.43. The zero-order chi connectivity index (χ0) is 51.4. The van der Waals surface area contributed by atoms with Gasteiger partial charge in [0.25, 0.3) is 0 Å². The minimum Gasteiger partial charge on any atom is -0.494 e. The van der Waals surface area contributed by atoms with E-state index in [1.807, 2.05) is 72.8 Å². The van der Waals surface area contributed by atoms with Crippen molar-refractivity contribution in [3.8, 4) is 17.2 Å². The van der Waals surface area contributed by atoms with Crippen LogP contribution in [0.25, 0.3) is 18.2 Å². The van der Waals surface area contributed by atoms with Crippen LogP contribution in [0.4, 0.5) is 0 Å². The maximum absolute atomic E-state index is 11.3. The molecule has 3 rings (SSSR count). The third-order valence-corrected chi connectivity index (χ3v) is 11.9. The molecule has 12 heteroatoms. The van der Waals surface area contributed by atoms with Crippen molar-refractivity contribution in [3.05, 3.63) is 108 Å². The smallest absolute Gasteiger partial charge is 0.330 e. The predicted octanol–water partition coefficient (Wildman–Crippen LogP) is 13.4. The maximum Gasteiger partial charge on any atom is 0.330 e. The van der Waals surface area contributed by atoms with Crippen LogP contribution in [0, 0.1) is 0 Å². The van der Waals surface area contributed by atoms with Gasteiger partial charge in [-0.15, -0.1) is 0 Å². The van der Waals surface area contributed by atoms with E-state index in [0.29, 0.717) is 33.0 Å². The molecule has 0 amide bonds. The van der Waals surface area contributed by atoms with E-state index in [1.165, 1.54) is 97.3 Å². The lowest BCUT2D eigenvalue weighted by Gasteiger charge is -2.18. The van der Waals surface area contributed by atoms with Crippen molar-refractivity contribution in [3.63, 3.8) is 0 Å². The molecule has 0 saturated carbocycles. The first kappa shape index (κ1) is 60.9. The number of carbonyl (C=O) groups is 3. The van der Waals surface area contributed by atoms with Crippen LogP contribution in [0.15, 0.2) is 91.0 Å². The van der Waals surface area contributed by atoms with Gasteiger partial charge in [-0.25, -0.2) is 14.4 Å². The Balaban J connectivity index is 1.21. The van der Waals surface area contributed by atoms with Gasteiger partial charge in [-0.3, -0.25) is 0 Å². The summed E-state index contributed by atoms with van der Waals surface area (Å²) in [5.74, 6) is 1.41. The number of benzene rings is 3. The van der Waals surface area contributed by atoms with Crippen molar-refractivity contribution in [2.75, 3.05) is 74.2 Å². The average Bonchev–Trinajstić information content (AvgIpc) is 3.41. The van der Waals surface area contributed by atoms with E-state index in [4.69, 9.17) is 28.4 Å². The van der Waals surface area contributed by atoms with Crippen LogP contribution in [0.5, 0.6) is 17.2 Å². The van der Waals surface area contributed by atoms with Crippen molar-refractivity contribution in [1.82, 2.24) is 0 Å². The van der Waals surface area contributed by atoms with E-state index in [9.17, 15) is 14.4 Å². The molecule has 72 heavy (non-hydrogen) atoms. The van der Waals surface area contributed by atoms with Gasteiger partial charge in [-0.2, -0.15) is 0 Å². The molecule has 0 aromatic heterocycles. The number of unbranched alkanes of at least 4 members (excludes halogenated alkanes) is 18. The van der Waals surface area contributed by atoms with Crippen LogP contribution in [-0.2, 0) is 42.8 Å². The largest absolute Gasteiger partial charge is 0.494 e. The molecule has 0 unspecified atom stereocenters. The molecule has 0 saturated heterocycles. The van der Waals surface area contributed by atoms with Crippen LogP contribution in [0.3, 0.4) is 0 Å². The molecule has 0 aliphatic rings. The zero-order valence-electron chi connectivity index (χ0n) is 43.9. The number of carbonyl (C=O) groups excluding carboxylic acids is 3. The number of rotatable bonds is 44. The number of ether oxygens (including phenoxy) is 9. The molecule has 3 aromatic rings. The maximum atomic E-state index is 11.3. The first-order valence-corrected chi connectivity index (χ1v) is 26.6. The quantitative estimate of drug-likeness (QED) is 0.0231. The topological polar surface area (TPSA) is 134 Å². The zero-order valence-corrected chi connectivity index (χ0v) is 43.9. The van der Waals surface area contributed by atoms with Crippen molar-refractivity contribution in [2.24, 2.45) is 0 Å². The van der Waals surface area contributed by atoms with Crippen LogP contribution in [0.2, 0.25) is 0 Å². The summed E-state index contributed by atoms with van der Waals surface area (Å²) >= 11 is 0. The van der Waals surface area contributed by atoms with Crippen LogP contribution >= 0.6 is 0 Å². The van der Waals surface area contributed by atoms with Gasteiger partial charge in [0.15, 0.2) is 0 Å². The first-order chi connectivity index (χ1) is 35.4. The fourth-order valence-corrected chi connectivity index (χ4v) is 7.58. The summed E-state index contributed by atoms with van der Waals surface area (Å²) < 4.78 is 50.2. The number of esters is 3. The molecule has 0 radical (unpaired) electrons. The highest BCUT2D eigenvalue weighted by Crippen LogP contribution is 2.18. The molecule has 12 nitrogen and oxygen atoms in total. The summed E-state index contributed by atoms with van der Waals surface area (Å²) in [4.78, 5) is 33.9. The Bertz CT molecular complexity index is 1810. The minimum absolute atomic E-state index is 0.0512. The lowest BCUT2D eigenvalue weighted by molar-refractivity contribution is -0.135. The summed E-state index contributed by atoms with van der Waals surface area (Å²) in [7, 11) is 4.10. The normalized spacial score (nSPS) is 11.5. The summed E-state index contributed by atoms with van der Waals surface area (Å²) in [6.07, 6.45) is 33.4. The molecular weight excluding hydrogens is 913 g/mol. The lowest BCUT2D eigenvalue weighted by atomic mass is 10.1. The van der Waals surface area contributed by atoms with Gasteiger partial charge in [0.1, 0.15) is 23.4 Å². The molecule has 0 aliphatic heterocycles. The van der Waals surface area contributed by atoms with Crippen LogP contribution in [-0.4, -0.2) is 98.2 Å². The fourth-order valence-electron chi connectivity index (χ4n) is 7.58. The molecule has 3 aromatic carbocycles. The summed E-state index contributed by atoms with van der Waals surface area (Å²) in [5, 5.41) is 0. The van der Waals surface area contributed by atoms with Crippen LogP contribution < -0.4 is 14.2 Å². The van der Waals surface area contributed by atoms with E-state index in [-0.39, 0.29) is 24.0 Å². The third kappa shape index (κ3) is 32.5. The van der Waals surface area contributed by atoms with Crippen molar-refractivity contribution < 1.29 is 57.0 Å². The molecule has 0 heterocycles. The first-order valence-electron chi connectivity index (χ1n) is 26.6. The van der Waals surface area contributed by atoms with Crippen molar-refractivity contribution in [2.45, 2.75) is 141 Å². The van der Waals surface area contributed by atoms with E-state index in [2.05, 4.69) is 14.2 Å². The van der Waals surface area contributed by atoms with Crippen molar-refractivity contribution >= 4 is 36.1 Å². The molecule has 0 spiro atoms.